The van der Waals surface area contributed by atoms with Crippen LogP contribution >= 0.6 is 0 Å². The summed E-state index contributed by atoms with van der Waals surface area (Å²) in [6.45, 7) is 1.95. The minimum absolute atomic E-state index is 0.120. The Hall–Kier alpha value is -3.15. The summed E-state index contributed by atoms with van der Waals surface area (Å²) in [6.07, 6.45) is 0.00616. The summed E-state index contributed by atoms with van der Waals surface area (Å²) < 4.78 is 0. The molecule has 24 heavy (non-hydrogen) atoms. The quantitative estimate of drug-likeness (QED) is 0.431. The Labute approximate surface area is 139 Å². The van der Waals surface area contributed by atoms with Gasteiger partial charge in [0.15, 0.2) is 0 Å². The van der Waals surface area contributed by atoms with Crippen LogP contribution in [0.3, 0.4) is 0 Å². The van der Waals surface area contributed by atoms with Gasteiger partial charge in [-0.1, -0.05) is 35.0 Å². The molecule has 0 aromatic heterocycles. The van der Waals surface area contributed by atoms with E-state index in [0.717, 1.165) is 5.56 Å². The van der Waals surface area contributed by atoms with Gasteiger partial charge >= 0.3 is 5.97 Å². The molecule has 0 bridgehead atoms. The molecule has 124 valence electrons. The topological polar surface area (TPSA) is 99.0 Å². The summed E-state index contributed by atoms with van der Waals surface area (Å²) in [4.78, 5) is 22.7. The van der Waals surface area contributed by atoms with Crippen LogP contribution in [0.1, 0.15) is 34.3 Å². The molecule has 0 aliphatic heterocycles. The average Bonchev–Trinajstić information content (AvgIpc) is 2.57. The van der Waals surface area contributed by atoms with Crippen LogP contribution in [-0.2, 0) is 4.79 Å². The van der Waals surface area contributed by atoms with Crippen molar-refractivity contribution < 1.29 is 19.9 Å². The first-order valence-corrected chi connectivity index (χ1v) is 7.41. The second-order valence-electron chi connectivity index (χ2n) is 5.34. The standard InChI is InChI=1S/C18H18N2O4/c1-12-2-4-14(5-3-12)18(23)19-15-8-6-13(7-9-15)16(20-24)10-11-17(21)22/h2-9,24H,10-11H2,1H3,(H,19,23)(H,21,22)/b20-16+. The smallest absolute Gasteiger partial charge is 0.303 e. The Morgan fingerprint density at radius 2 is 1.54 bits per heavy atom. The van der Waals surface area contributed by atoms with Crippen LogP contribution in [0.5, 0.6) is 0 Å². The lowest BCUT2D eigenvalue weighted by molar-refractivity contribution is -0.136. The fourth-order valence-electron chi connectivity index (χ4n) is 2.13. The maximum atomic E-state index is 12.1. The number of benzene rings is 2. The van der Waals surface area contributed by atoms with Crippen LogP contribution in [0.4, 0.5) is 5.69 Å². The molecule has 2 aromatic carbocycles. The zero-order valence-electron chi connectivity index (χ0n) is 13.2. The van der Waals surface area contributed by atoms with Gasteiger partial charge in [0.1, 0.15) is 0 Å². The normalized spacial score (nSPS) is 11.1. The number of carbonyl (C=O) groups is 2. The number of carbonyl (C=O) groups excluding carboxylic acids is 1. The van der Waals surface area contributed by atoms with Gasteiger partial charge in [-0.3, -0.25) is 9.59 Å². The van der Waals surface area contributed by atoms with Crippen molar-refractivity contribution in [3.05, 3.63) is 65.2 Å². The fourth-order valence-corrected chi connectivity index (χ4v) is 2.13. The molecule has 2 rings (SSSR count). The number of amides is 1. The van der Waals surface area contributed by atoms with E-state index < -0.39 is 5.97 Å². The molecule has 1 amide bonds. The number of rotatable bonds is 6. The minimum atomic E-state index is -0.960. The highest BCUT2D eigenvalue weighted by Gasteiger charge is 2.09. The first-order valence-electron chi connectivity index (χ1n) is 7.41. The van der Waals surface area contributed by atoms with E-state index in [2.05, 4.69) is 10.5 Å². The first-order chi connectivity index (χ1) is 11.5. The zero-order valence-corrected chi connectivity index (χ0v) is 13.2. The van der Waals surface area contributed by atoms with E-state index in [1.807, 2.05) is 19.1 Å². The third kappa shape index (κ3) is 4.67. The van der Waals surface area contributed by atoms with Crippen LogP contribution in [-0.4, -0.2) is 27.9 Å². The Bertz CT molecular complexity index is 750. The van der Waals surface area contributed by atoms with Crippen molar-refractivity contribution in [1.29, 1.82) is 0 Å². The lowest BCUT2D eigenvalue weighted by atomic mass is 10.1. The van der Waals surface area contributed by atoms with Crippen LogP contribution in [0.25, 0.3) is 0 Å². The highest BCUT2D eigenvalue weighted by atomic mass is 16.4. The summed E-state index contributed by atoms with van der Waals surface area (Å²) in [6, 6.07) is 13.9. The number of aryl methyl sites for hydroxylation is 1. The van der Waals surface area contributed by atoms with E-state index in [0.29, 0.717) is 16.8 Å². The number of hydrogen-bond acceptors (Lipinski definition) is 4. The van der Waals surface area contributed by atoms with Gasteiger partial charge in [0.25, 0.3) is 5.91 Å². The number of aliphatic carboxylic acids is 1. The number of carboxylic acids is 1. The van der Waals surface area contributed by atoms with Crippen molar-refractivity contribution in [1.82, 2.24) is 0 Å². The van der Waals surface area contributed by atoms with Crippen molar-refractivity contribution in [2.24, 2.45) is 5.16 Å². The maximum Gasteiger partial charge on any atom is 0.303 e. The molecule has 0 aliphatic rings. The number of nitrogens with zero attached hydrogens (tertiary/aromatic N) is 1. The molecular formula is C18H18N2O4. The molecule has 0 saturated heterocycles. The third-order valence-corrected chi connectivity index (χ3v) is 3.49. The fraction of sp³-hybridized carbons (Fsp3) is 0.167. The molecular weight excluding hydrogens is 308 g/mol. The predicted molar refractivity (Wildman–Crippen MR) is 90.8 cm³/mol. The monoisotopic (exact) mass is 326 g/mol. The summed E-state index contributed by atoms with van der Waals surface area (Å²) >= 11 is 0. The van der Waals surface area contributed by atoms with Crippen molar-refractivity contribution in [2.75, 3.05) is 5.32 Å². The summed E-state index contributed by atoms with van der Waals surface area (Å²) in [7, 11) is 0. The molecule has 0 fully saturated rings. The zero-order chi connectivity index (χ0) is 17.5. The molecule has 6 heteroatoms. The Morgan fingerprint density at radius 3 is 2.08 bits per heavy atom. The van der Waals surface area contributed by atoms with Gasteiger partial charge in [-0.05, 0) is 36.8 Å². The van der Waals surface area contributed by atoms with Crippen molar-refractivity contribution in [3.8, 4) is 0 Å². The molecule has 0 saturated carbocycles. The van der Waals surface area contributed by atoms with Gasteiger partial charge in [0.05, 0.1) is 12.1 Å². The highest BCUT2D eigenvalue weighted by molar-refractivity contribution is 6.05. The summed E-state index contributed by atoms with van der Waals surface area (Å²) in [5.41, 5.74) is 3.12. The van der Waals surface area contributed by atoms with Crippen LogP contribution < -0.4 is 5.32 Å². The largest absolute Gasteiger partial charge is 0.481 e. The molecule has 6 nitrogen and oxygen atoms in total. The van der Waals surface area contributed by atoms with Crippen LogP contribution in [0.15, 0.2) is 53.7 Å². The van der Waals surface area contributed by atoms with Gasteiger partial charge < -0.3 is 15.6 Å². The average molecular weight is 326 g/mol. The molecule has 0 atom stereocenters. The Kier molecular flexibility index (Phi) is 5.68. The third-order valence-electron chi connectivity index (χ3n) is 3.49. The van der Waals surface area contributed by atoms with E-state index in [1.165, 1.54) is 0 Å². The first kappa shape index (κ1) is 17.2. The van der Waals surface area contributed by atoms with E-state index in [9.17, 15) is 9.59 Å². The molecule has 2 aromatic rings. The summed E-state index contributed by atoms with van der Waals surface area (Å²) in [5, 5.41) is 23.6. The number of anilines is 1. The number of carboxylic acid groups (broad SMARTS) is 1. The lowest BCUT2D eigenvalue weighted by Gasteiger charge is -2.08. The van der Waals surface area contributed by atoms with Crippen molar-refractivity contribution >= 4 is 23.3 Å². The molecule has 0 spiro atoms. The van der Waals surface area contributed by atoms with Crippen molar-refractivity contribution in [2.45, 2.75) is 19.8 Å². The van der Waals surface area contributed by atoms with Crippen LogP contribution in [0.2, 0.25) is 0 Å². The van der Waals surface area contributed by atoms with Gasteiger partial charge in [0.2, 0.25) is 0 Å². The summed E-state index contributed by atoms with van der Waals surface area (Å²) in [5.74, 6) is -1.18. The van der Waals surface area contributed by atoms with E-state index in [-0.39, 0.29) is 24.5 Å². The van der Waals surface area contributed by atoms with Crippen LogP contribution in [0, 0.1) is 6.92 Å². The minimum Gasteiger partial charge on any atom is -0.481 e. The number of nitrogens with one attached hydrogen (secondary N) is 1. The SMILES string of the molecule is Cc1ccc(C(=O)Nc2ccc(/C(CCC(=O)O)=N/O)cc2)cc1. The number of oxime groups is 1. The van der Waals surface area contributed by atoms with E-state index in [1.54, 1.807) is 36.4 Å². The molecule has 0 aliphatic carbocycles. The van der Waals surface area contributed by atoms with Gasteiger partial charge in [0, 0.05) is 17.7 Å². The second kappa shape index (κ2) is 7.92. The lowest BCUT2D eigenvalue weighted by Crippen LogP contribution is -2.12. The Morgan fingerprint density at radius 1 is 0.958 bits per heavy atom. The van der Waals surface area contributed by atoms with E-state index in [4.69, 9.17) is 10.3 Å². The van der Waals surface area contributed by atoms with Gasteiger partial charge in [-0.2, -0.15) is 0 Å². The predicted octanol–water partition coefficient (Wildman–Crippen LogP) is 3.29. The second-order valence-corrected chi connectivity index (χ2v) is 5.34. The molecule has 3 N–H and O–H groups in total. The van der Waals surface area contributed by atoms with Gasteiger partial charge in [-0.25, -0.2) is 0 Å². The van der Waals surface area contributed by atoms with Crippen molar-refractivity contribution in [3.63, 3.8) is 0 Å². The Balaban J connectivity index is 2.04. The molecule has 0 unspecified atom stereocenters. The van der Waals surface area contributed by atoms with Gasteiger partial charge in [-0.15, -0.1) is 0 Å². The number of hydrogen-bond donors (Lipinski definition) is 3. The molecule has 0 heterocycles. The molecule has 0 radical (unpaired) electrons. The maximum absolute atomic E-state index is 12.1. The highest BCUT2D eigenvalue weighted by Crippen LogP contribution is 2.14. The van der Waals surface area contributed by atoms with E-state index >= 15 is 0 Å².